The Morgan fingerprint density at radius 1 is 0.931 bits per heavy atom. The molecule has 30 heteroatoms. The highest BCUT2D eigenvalue weighted by atomic mass is 35.5. The van der Waals surface area contributed by atoms with Gasteiger partial charge in [0.05, 0.1) is 53.4 Å². The number of aryl methyl sites for hydroxylation is 2. The highest BCUT2D eigenvalue weighted by Gasteiger charge is 2.49. The van der Waals surface area contributed by atoms with Crippen molar-refractivity contribution in [1.29, 1.82) is 0 Å². The lowest BCUT2D eigenvalue weighted by Gasteiger charge is -2.32. The number of hydrogen-bond acceptors (Lipinski definition) is 17. The summed E-state index contributed by atoms with van der Waals surface area (Å²) in [6.07, 6.45) is -3.23. The zero-order chi connectivity index (χ0) is 53.8. The van der Waals surface area contributed by atoms with Crippen molar-refractivity contribution in [3.8, 4) is 11.9 Å². The number of hydrazone groups is 1. The Bertz CT molecular complexity index is 3340. The van der Waals surface area contributed by atoms with Gasteiger partial charge in [-0.2, -0.15) is 41.3 Å². The number of carbonyl (C=O) groups is 3. The predicted molar refractivity (Wildman–Crippen MR) is 245 cm³/mol. The predicted octanol–water partition coefficient (Wildman–Crippen LogP) is 6.88. The van der Waals surface area contributed by atoms with Crippen LogP contribution < -0.4 is 14.5 Å². The fraction of sp³-hybridized carbons (Fsp3) is 0.286. The Hall–Kier alpha value is -7.04. The quantitative estimate of drug-likeness (QED) is 0.0719. The van der Waals surface area contributed by atoms with E-state index in [1.165, 1.54) is 26.1 Å². The van der Waals surface area contributed by atoms with E-state index in [1.807, 2.05) is 0 Å². The van der Waals surface area contributed by atoms with E-state index in [1.54, 1.807) is 43.7 Å². The minimum atomic E-state index is -4.76. The number of anilines is 2. The van der Waals surface area contributed by atoms with Gasteiger partial charge in [-0.05, 0) is 76.2 Å². The zero-order valence-electron chi connectivity index (χ0n) is 38.3. The molecule has 0 bridgehead atoms. The van der Waals surface area contributed by atoms with Crippen molar-refractivity contribution in [1.82, 2.24) is 29.4 Å². The van der Waals surface area contributed by atoms with Crippen molar-refractivity contribution >= 4 is 83.5 Å². The van der Waals surface area contributed by atoms with Crippen LogP contribution in [0.15, 0.2) is 75.9 Å². The number of benzene rings is 3. The molecule has 6 aromatic rings. The lowest BCUT2D eigenvalue weighted by atomic mass is 9.95. The van der Waals surface area contributed by atoms with E-state index in [0.29, 0.717) is 38.6 Å². The zero-order valence-corrected chi connectivity index (χ0v) is 41.5. The third-order valence-electron chi connectivity index (χ3n) is 9.83. The molecule has 0 spiro atoms. The summed E-state index contributed by atoms with van der Waals surface area (Å²) >= 11 is 12.2. The Labute approximate surface area is 415 Å². The summed E-state index contributed by atoms with van der Waals surface area (Å²) in [5, 5.41) is 22.8. The standard InChI is InChI=1S/C16H18Cl2N2O4.C14H13F3N2O4S.C12H8F3N5O3S/c1-4-23-14(21)12-9-16(3,15(22)24-5-2)20(19-12)13-7-6-10(17)8-11(13)18;1-7-11(13(21)19(2)18-7)12(20)9-5-4-8(14(15,16)17)6-10(9)24(3,22)23;1-23-12-16-5-8(15)10-17-11(18-20(10)12)24(21,22)19-9-6(13)3-2-4-7(9)14/h6-8H,4-5,9H2,1-3H3;4-6,21H,1-3H3;2-5,19H,1H3. The van der Waals surface area contributed by atoms with Gasteiger partial charge in [-0.25, -0.2) is 45.9 Å². The van der Waals surface area contributed by atoms with Crippen LogP contribution in [0.25, 0.3) is 5.65 Å². The van der Waals surface area contributed by atoms with Gasteiger partial charge >= 0.3 is 24.1 Å². The van der Waals surface area contributed by atoms with Crippen molar-refractivity contribution in [2.75, 3.05) is 36.3 Å². The molecule has 0 aliphatic carbocycles. The molecule has 0 radical (unpaired) electrons. The number of fused-ring (bicyclic) bond motifs is 1. The molecule has 1 unspecified atom stereocenters. The summed E-state index contributed by atoms with van der Waals surface area (Å²) in [4.78, 5) is 43.4. The second-order valence-electron chi connectivity index (χ2n) is 15.0. The van der Waals surface area contributed by atoms with Crippen LogP contribution >= 0.6 is 23.2 Å². The van der Waals surface area contributed by atoms with Crippen LogP contribution in [0.1, 0.15) is 54.4 Å². The Kier molecular flexibility index (Phi) is 16.9. The molecule has 3 aromatic heterocycles. The maximum Gasteiger partial charge on any atom is 0.416 e. The second-order valence-corrected chi connectivity index (χ2v) is 19.4. The summed E-state index contributed by atoms with van der Waals surface area (Å²) in [7, 11) is -6.13. The van der Waals surface area contributed by atoms with Gasteiger partial charge < -0.3 is 19.3 Å². The van der Waals surface area contributed by atoms with Crippen LogP contribution in [-0.2, 0) is 52.1 Å². The average Bonchev–Trinajstić information content (AvgIpc) is 3.99. The number of hydrogen-bond donors (Lipinski definition) is 2. The van der Waals surface area contributed by atoms with Crippen molar-refractivity contribution in [2.45, 2.75) is 55.9 Å². The van der Waals surface area contributed by atoms with Gasteiger partial charge in [-0.1, -0.05) is 29.3 Å². The largest absolute Gasteiger partial charge is 0.493 e. The number of nitrogens with one attached hydrogen (secondary N) is 1. The van der Waals surface area contributed by atoms with E-state index < -0.39 is 105 Å². The molecule has 1 aliphatic rings. The van der Waals surface area contributed by atoms with Crippen molar-refractivity contribution in [3.05, 3.63) is 111 Å². The number of para-hydroxylation sites is 1. The number of carbonyl (C=O) groups excluding carboxylic acids is 3. The lowest BCUT2D eigenvalue weighted by Crippen LogP contribution is -2.48. The molecule has 4 heterocycles. The summed E-state index contributed by atoms with van der Waals surface area (Å²) in [6, 6.07) is 9.20. The van der Waals surface area contributed by atoms with Crippen molar-refractivity contribution in [2.24, 2.45) is 12.1 Å². The first-order valence-corrected chi connectivity index (χ1v) is 24.4. The number of rotatable bonds is 12. The van der Waals surface area contributed by atoms with Crippen LogP contribution in [0.5, 0.6) is 11.9 Å². The van der Waals surface area contributed by atoms with Crippen LogP contribution in [0, 0.1) is 24.4 Å². The van der Waals surface area contributed by atoms with Crippen LogP contribution in [0.3, 0.4) is 0 Å². The van der Waals surface area contributed by atoms with Crippen LogP contribution in [0.4, 0.5) is 37.7 Å². The maximum absolute atomic E-state index is 13.7. The normalized spacial score (nSPS) is 14.7. The van der Waals surface area contributed by atoms with E-state index >= 15 is 0 Å². The third kappa shape index (κ3) is 12.0. The molecule has 0 amide bonds. The Morgan fingerprint density at radius 2 is 1.57 bits per heavy atom. The monoisotopic (exact) mass is 1090 g/mol. The molecule has 1 aliphatic heterocycles. The first-order chi connectivity index (χ1) is 33.5. The van der Waals surface area contributed by atoms with Gasteiger partial charge in [0.1, 0.15) is 28.6 Å². The van der Waals surface area contributed by atoms with Crippen molar-refractivity contribution in [3.63, 3.8) is 0 Å². The maximum atomic E-state index is 13.7. The van der Waals surface area contributed by atoms with E-state index in [-0.39, 0.29) is 42.6 Å². The average molecular weight is 1090 g/mol. The number of sulfone groups is 1. The van der Waals surface area contributed by atoms with Gasteiger partial charge in [0.25, 0.3) is 15.2 Å². The summed E-state index contributed by atoms with van der Waals surface area (Å²) in [6.45, 7) is 6.90. The minimum Gasteiger partial charge on any atom is -0.493 e. The van der Waals surface area contributed by atoms with Gasteiger partial charge in [-0.15, -0.1) is 5.10 Å². The molecule has 72 heavy (non-hydrogen) atoms. The molecule has 0 fully saturated rings. The van der Waals surface area contributed by atoms with E-state index in [9.17, 15) is 62.7 Å². The summed E-state index contributed by atoms with van der Waals surface area (Å²) in [5.41, 5.74) is -3.77. The second kappa shape index (κ2) is 21.8. The van der Waals surface area contributed by atoms with E-state index in [4.69, 9.17) is 37.4 Å². The molecule has 3 aromatic carbocycles. The smallest absolute Gasteiger partial charge is 0.416 e. The fourth-order valence-corrected chi connectivity index (χ4v) is 8.83. The number of ketones is 1. The van der Waals surface area contributed by atoms with Gasteiger partial charge in [0, 0.05) is 30.3 Å². The SMILES string of the molecule is CCOC(=O)C1=NN(c2ccc(Cl)cc2Cl)C(C)(C(=O)OCC)C1.COc1ncc(F)c2nc(S(=O)(=O)Nc3c(F)cccc3F)nn12.Cc1nn(C)c(O)c1C(=O)c1ccc(C(F)(F)F)cc1S(C)(=O)=O. The first-order valence-electron chi connectivity index (χ1n) is 20.3. The molecule has 0 saturated heterocycles. The molecule has 2 N–H and O–H groups in total. The molecule has 7 rings (SSSR count). The van der Waals surface area contributed by atoms with Gasteiger partial charge in [-0.3, -0.25) is 9.52 Å². The molecule has 386 valence electrons. The van der Waals surface area contributed by atoms with E-state index in [0.717, 1.165) is 35.1 Å². The summed E-state index contributed by atoms with van der Waals surface area (Å²) < 4.78 is 146. The number of esters is 2. The lowest BCUT2D eigenvalue weighted by molar-refractivity contribution is -0.148. The minimum absolute atomic E-state index is 0.0591. The number of sulfonamides is 1. The first kappa shape index (κ1) is 55.9. The van der Waals surface area contributed by atoms with Gasteiger partial charge in [0.2, 0.25) is 11.7 Å². The van der Waals surface area contributed by atoms with Gasteiger partial charge in [0.15, 0.2) is 26.8 Å². The number of aromatic nitrogens is 6. The number of aromatic hydroxyl groups is 1. The number of methoxy groups -OCH3 is 1. The summed E-state index contributed by atoms with van der Waals surface area (Å²) in [5.74, 6) is -5.72. The molecule has 0 saturated carbocycles. The highest BCUT2D eigenvalue weighted by molar-refractivity contribution is 7.92. The number of ether oxygens (including phenoxy) is 3. The van der Waals surface area contributed by atoms with Crippen LogP contribution in [0.2, 0.25) is 10.0 Å². The fourth-order valence-electron chi connectivity index (χ4n) is 6.49. The Morgan fingerprint density at radius 3 is 2.11 bits per heavy atom. The van der Waals surface area contributed by atoms with Crippen molar-refractivity contribution < 1.29 is 76.9 Å². The highest BCUT2D eigenvalue weighted by Crippen LogP contribution is 2.39. The third-order valence-corrected chi connectivity index (χ3v) is 12.6. The molecule has 1 atom stereocenters. The topological polar surface area (TPSA) is 256 Å². The Balaban J connectivity index is 0.000000201. The van der Waals surface area contributed by atoms with Crippen LogP contribution in [-0.4, -0.2) is 107 Å². The molecular formula is C42H39Cl2F6N9O11S2. The molecular weight excluding hydrogens is 1060 g/mol. The van der Waals surface area contributed by atoms with E-state index in [2.05, 4.69) is 25.3 Å². The number of halogens is 8. The number of alkyl halides is 3. The molecule has 20 nitrogen and oxygen atoms in total. The number of nitrogens with zero attached hydrogens (tertiary/aromatic N) is 8.